The molecule has 7 atom stereocenters. The molecule has 0 aliphatic carbocycles. The van der Waals surface area contributed by atoms with Gasteiger partial charge in [-0.2, -0.15) is 0 Å². The van der Waals surface area contributed by atoms with Crippen molar-refractivity contribution in [1.29, 1.82) is 0 Å². The summed E-state index contributed by atoms with van der Waals surface area (Å²) in [5.41, 5.74) is 6.62. The standard InChI is InChI=1S/C18H31B2N7O7P2/c1-7-10(13(16(31)33-35-24-19)27-12(7)11(8(2)28)15(27)30)6-26-4-3-9(5-26)14(29)22-17(21)23-18(32)34-36-25-20/h7-9,11-12,24-25,28,35-36H,3-6,19-20H2,1-2H3,(H3,21,22,23,29,32)/t7-,8+,9-,11?,12+/m0/s1. The van der Waals surface area contributed by atoms with Gasteiger partial charge in [-0.25, -0.2) is 9.59 Å². The van der Waals surface area contributed by atoms with Crippen molar-refractivity contribution in [2.45, 2.75) is 32.4 Å². The third-order valence-corrected chi connectivity index (χ3v) is 7.47. The summed E-state index contributed by atoms with van der Waals surface area (Å²) in [5, 5.41) is 12.5. The van der Waals surface area contributed by atoms with Crippen LogP contribution in [0.15, 0.2) is 16.3 Å². The van der Waals surface area contributed by atoms with Crippen molar-refractivity contribution in [1.82, 2.24) is 25.1 Å². The van der Waals surface area contributed by atoms with E-state index in [1.165, 1.54) is 4.90 Å². The number of likely N-dealkylation sites (tertiary alicyclic amines) is 1. The van der Waals surface area contributed by atoms with Crippen molar-refractivity contribution in [3.05, 3.63) is 11.3 Å². The molecule has 0 spiro atoms. The van der Waals surface area contributed by atoms with Crippen LogP contribution in [0.1, 0.15) is 20.3 Å². The lowest BCUT2D eigenvalue weighted by molar-refractivity contribution is -0.162. The maximum Gasteiger partial charge on any atom is 0.440 e. The number of rotatable bonds is 9. The van der Waals surface area contributed by atoms with Crippen LogP contribution in [0.5, 0.6) is 0 Å². The number of guanidine groups is 1. The summed E-state index contributed by atoms with van der Waals surface area (Å²) < 4.78 is 10.0. The summed E-state index contributed by atoms with van der Waals surface area (Å²) in [6.07, 6.45) is -1.21. The summed E-state index contributed by atoms with van der Waals surface area (Å²) in [6, 6.07) is -0.311. The van der Waals surface area contributed by atoms with Gasteiger partial charge in [-0.1, -0.05) is 6.92 Å². The van der Waals surface area contributed by atoms with Crippen molar-refractivity contribution >= 4 is 63.7 Å². The Morgan fingerprint density at radius 2 is 1.94 bits per heavy atom. The largest absolute Gasteiger partial charge is 0.440 e. The smallest absolute Gasteiger partial charge is 0.428 e. The molecule has 6 N–H and O–H groups in total. The Labute approximate surface area is 214 Å². The van der Waals surface area contributed by atoms with Gasteiger partial charge in [-0.3, -0.25) is 19.8 Å². The van der Waals surface area contributed by atoms with E-state index >= 15 is 0 Å². The molecule has 3 unspecified atom stereocenters. The minimum absolute atomic E-state index is 0.164. The average Bonchev–Trinajstić information content (AvgIpc) is 3.37. The Kier molecular flexibility index (Phi) is 9.85. The van der Waals surface area contributed by atoms with Crippen molar-refractivity contribution in [2.24, 2.45) is 28.5 Å². The molecule has 3 aliphatic heterocycles. The van der Waals surface area contributed by atoms with Gasteiger partial charge in [0.25, 0.3) is 0 Å². The number of amides is 3. The van der Waals surface area contributed by atoms with Crippen LogP contribution in [0.25, 0.3) is 0 Å². The van der Waals surface area contributed by atoms with Crippen LogP contribution in [0.2, 0.25) is 0 Å². The van der Waals surface area contributed by atoms with E-state index in [9.17, 15) is 24.3 Å². The van der Waals surface area contributed by atoms with Crippen LogP contribution in [-0.2, 0) is 23.4 Å². The van der Waals surface area contributed by atoms with E-state index in [4.69, 9.17) is 14.8 Å². The number of hydrogen-bond donors (Lipinski definition) is 5. The number of fused-ring (bicyclic) bond motifs is 1. The predicted octanol–water partition coefficient (Wildman–Crippen LogP) is -3.18. The minimum atomic E-state index is -0.913. The maximum absolute atomic E-state index is 12.9. The van der Waals surface area contributed by atoms with E-state index in [0.29, 0.717) is 26.1 Å². The lowest BCUT2D eigenvalue weighted by Crippen LogP contribution is -2.63. The highest BCUT2D eigenvalue weighted by Crippen LogP contribution is 2.48. The molecule has 3 aliphatic rings. The van der Waals surface area contributed by atoms with Gasteiger partial charge in [0.05, 0.1) is 24.0 Å². The SMILES string of the molecule is BNPOC(=O)/N=C(/N)NC(=O)[C@H]1CCN(CC2=C(C(=O)OPNB)N3C(=O)C([C@@H](C)O)[C@H]3[C@H]2C)C1. The molecule has 196 valence electrons. The first kappa shape index (κ1) is 28.5. The molecule has 14 nitrogen and oxygen atoms in total. The molecule has 36 heavy (non-hydrogen) atoms. The molecule has 2 saturated heterocycles. The van der Waals surface area contributed by atoms with Crippen LogP contribution in [-0.4, -0.2) is 92.5 Å². The zero-order valence-electron chi connectivity index (χ0n) is 20.5. The monoisotopic (exact) mass is 541 g/mol. The number of hydrogen-bond acceptors (Lipinski definition) is 10. The second kappa shape index (κ2) is 12.4. The van der Waals surface area contributed by atoms with Crippen molar-refractivity contribution in [3.8, 4) is 0 Å². The third kappa shape index (κ3) is 6.07. The number of carbonyl (C=O) groups is 4. The number of nitrogens with one attached hydrogen (secondary N) is 3. The zero-order chi connectivity index (χ0) is 26.6. The van der Waals surface area contributed by atoms with Crippen LogP contribution >= 0.6 is 17.9 Å². The second-order valence-electron chi connectivity index (χ2n) is 8.80. The van der Waals surface area contributed by atoms with Gasteiger partial charge >= 0.3 is 12.1 Å². The number of aliphatic hydroxyl groups is 1. The van der Waals surface area contributed by atoms with E-state index < -0.39 is 30.0 Å². The fourth-order valence-electron chi connectivity index (χ4n) is 4.89. The molecule has 0 aromatic heterocycles. The number of aliphatic imine (C=N–C) groups is 1. The van der Waals surface area contributed by atoms with E-state index in [0.717, 1.165) is 5.57 Å². The highest BCUT2D eigenvalue weighted by Gasteiger charge is 2.60. The zero-order valence-corrected chi connectivity index (χ0v) is 22.5. The van der Waals surface area contributed by atoms with Crippen LogP contribution in [0.4, 0.5) is 4.79 Å². The maximum atomic E-state index is 12.9. The van der Waals surface area contributed by atoms with Gasteiger partial charge in [-0.05, 0) is 25.5 Å². The fraction of sp³-hybridized carbons (Fsp3) is 0.611. The molecular formula is C18H31B2N7O7P2. The van der Waals surface area contributed by atoms with Crippen LogP contribution < -0.4 is 21.0 Å². The average molecular weight is 541 g/mol. The quantitative estimate of drug-likeness (QED) is 0.0652. The van der Waals surface area contributed by atoms with Gasteiger partial charge in [0.15, 0.2) is 16.0 Å². The van der Waals surface area contributed by atoms with E-state index in [1.54, 1.807) is 22.9 Å². The third-order valence-electron chi connectivity index (χ3n) is 6.50. The van der Waals surface area contributed by atoms with Crippen LogP contribution in [0.3, 0.4) is 0 Å². The first-order valence-electron chi connectivity index (χ1n) is 11.5. The lowest BCUT2D eigenvalue weighted by Gasteiger charge is -2.46. The number of carbonyl (C=O) groups excluding carboxylic acids is 4. The van der Waals surface area contributed by atoms with Gasteiger partial charge in [0.2, 0.25) is 17.8 Å². The Bertz CT molecular complexity index is 970. The molecule has 0 aromatic rings. The van der Waals surface area contributed by atoms with Gasteiger partial charge in [0.1, 0.15) is 23.6 Å². The lowest BCUT2D eigenvalue weighted by atomic mass is 9.77. The Balaban J connectivity index is 1.68. The molecule has 0 saturated carbocycles. The van der Waals surface area contributed by atoms with Crippen LogP contribution in [0, 0.1) is 17.8 Å². The van der Waals surface area contributed by atoms with Gasteiger partial charge < -0.3 is 34.8 Å². The van der Waals surface area contributed by atoms with Gasteiger partial charge in [0, 0.05) is 19.0 Å². The number of nitrogens with zero attached hydrogens (tertiary/aromatic N) is 3. The summed E-state index contributed by atoms with van der Waals surface area (Å²) in [5.74, 6) is -2.75. The molecule has 0 radical (unpaired) electrons. The first-order valence-corrected chi connectivity index (χ1v) is 13.3. The predicted molar refractivity (Wildman–Crippen MR) is 139 cm³/mol. The van der Waals surface area contributed by atoms with E-state index in [-0.39, 0.29) is 53.3 Å². The fourth-order valence-corrected chi connectivity index (χ4v) is 5.42. The number of β-lactam (4-membered cyclic amide) rings is 1. The second-order valence-corrected chi connectivity index (χ2v) is 10.6. The molecule has 2 fully saturated rings. The van der Waals surface area contributed by atoms with Crippen molar-refractivity contribution < 1.29 is 33.3 Å². The Morgan fingerprint density at radius 3 is 2.58 bits per heavy atom. The molecule has 3 rings (SSSR count). The highest BCUT2D eigenvalue weighted by atomic mass is 31.1. The first-order chi connectivity index (χ1) is 17.1. The Morgan fingerprint density at radius 1 is 1.28 bits per heavy atom. The summed E-state index contributed by atoms with van der Waals surface area (Å²) in [6.45, 7) is 4.84. The molecule has 3 amide bonds. The molecule has 18 heteroatoms. The molecular weight excluding hydrogens is 510 g/mol. The van der Waals surface area contributed by atoms with Crippen molar-refractivity contribution in [3.63, 3.8) is 0 Å². The minimum Gasteiger partial charge on any atom is -0.428 e. The Hall–Kier alpha value is -2.08. The summed E-state index contributed by atoms with van der Waals surface area (Å²) in [4.78, 5) is 62.2. The normalized spacial score (nSPS) is 27.6. The summed E-state index contributed by atoms with van der Waals surface area (Å²) in [7, 11) is 2.72. The number of nitrogens with two attached hydrogens (primary N) is 1. The van der Waals surface area contributed by atoms with E-state index in [2.05, 4.69) is 20.3 Å². The summed E-state index contributed by atoms with van der Waals surface area (Å²) >= 11 is 0. The number of aliphatic hydroxyl groups excluding tert-OH is 1. The molecule has 0 bridgehead atoms. The van der Waals surface area contributed by atoms with E-state index in [1.807, 2.05) is 11.8 Å². The molecule has 0 aromatic carbocycles. The van der Waals surface area contributed by atoms with Gasteiger partial charge in [-0.15, -0.1) is 4.99 Å². The molecule has 3 heterocycles. The topological polar surface area (TPSA) is 188 Å². The highest BCUT2D eigenvalue weighted by molar-refractivity contribution is 7.32. The van der Waals surface area contributed by atoms with Crippen molar-refractivity contribution in [2.75, 3.05) is 19.6 Å².